The third-order valence-corrected chi connectivity index (χ3v) is 4.85. The molecule has 0 atom stereocenters. The Labute approximate surface area is 163 Å². The zero-order valence-corrected chi connectivity index (χ0v) is 16.8. The summed E-state index contributed by atoms with van der Waals surface area (Å²) in [6, 6.07) is 15.4. The van der Waals surface area contributed by atoms with Gasteiger partial charge in [0.15, 0.2) is 11.0 Å². The molecule has 25 heavy (non-hydrogen) atoms. The number of benzene rings is 2. The molecule has 0 unspecified atom stereocenters. The van der Waals surface area contributed by atoms with Crippen molar-refractivity contribution in [1.82, 2.24) is 0 Å². The second-order valence-corrected chi connectivity index (χ2v) is 6.65. The normalized spacial score (nSPS) is 13.0. The van der Waals surface area contributed by atoms with Crippen LogP contribution in [0.2, 0.25) is 0 Å². The van der Waals surface area contributed by atoms with Crippen LogP contribution in [0.25, 0.3) is 0 Å². The predicted molar refractivity (Wildman–Crippen MR) is 111 cm³/mol. The first-order valence-electron chi connectivity index (χ1n) is 7.86. The number of nitrogens with zero attached hydrogens (tertiary/aromatic N) is 2. The van der Waals surface area contributed by atoms with Crippen LogP contribution < -0.4 is 9.64 Å². The number of hydrogen-bond acceptors (Lipinski definition) is 5. The molecule has 0 fully saturated rings. The van der Waals surface area contributed by atoms with Gasteiger partial charge in [0.05, 0.1) is 20.2 Å². The molecule has 0 radical (unpaired) electrons. The molecule has 0 bridgehead atoms. The molecular weight excluding hydrogens is 400 g/mol. The summed E-state index contributed by atoms with van der Waals surface area (Å²) in [7, 11) is 1.62. The van der Waals surface area contributed by atoms with E-state index in [1.165, 1.54) is 5.56 Å². The van der Waals surface area contributed by atoms with E-state index in [0.29, 0.717) is 5.56 Å². The Balaban J connectivity index is 0.00000225. The number of halogens is 1. The molecule has 1 heterocycles. The van der Waals surface area contributed by atoms with E-state index in [1.807, 2.05) is 29.2 Å². The summed E-state index contributed by atoms with van der Waals surface area (Å²) in [5, 5.41) is 0.917. The molecule has 0 saturated carbocycles. The van der Waals surface area contributed by atoms with Crippen molar-refractivity contribution in [2.45, 2.75) is 6.92 Å². The highest BCUT2D eigenvalue weighted by atomic mass is 79.9. The highest BCUT2D eigenvalue weighted by Crippen LogP contribution is 2.24. The van der Waals surface area contributed by atoms with Crippen LogP contribution in [0, 0.1) is 6.92 Å². The second kappa shape index (κ2) is 9.06. The van der Waals surface area contributed by atoms with E-state index >= 15 is 0 Å². The second-order valence-electron chi connectivity index (χ2n) is 5.59. The lowest BCUT2D eigenvalue weighted by Crippen LogP contribution is -2.33. The quantitative estimate of drug-likeness (QED) is 0.673. The van der Waals surface area contributed by atoms with Crippen molar-refractivity contribution in [2.75, 3.05) is 30.9 Å². The maximum Gasteiger partial charge on any atom is 0.182 e. The first kappa shape index (κ1) is 19.5. The number of amidine groups is 1. The minimum Gasteiger partial charge on any atom is -0.497 e. The van der Waals surface area contributed by atoms with Gasteiger partial charge < -0.3 is 9.64 Å². The van der Waals surface area contributed by atoms with Crippen LogP contribution in [0.1, 0.15) is 15.9 Å². The molecule has 0 aliphatic carbocycles. The van der Waals surface area contributed by atoms with Crippen molar-refractivity contribution in [2.24, 2.45) is 4.99 Å². The third kappa shape index (κ3) is 4.86. The van der Waals surface area contributed by atoms with Gasteiger partial charge in [-0.25, -0.2) is 0 Å². The van der Waals surface area contributed by atoms with Crippen molar-refractivity contribution in [3.05, 3.63) is 59.7 Å². The van der Waals surface area contributed by atoms with Crippen molar-refractivity contribution in [3.8, 4) is 5.75 Å². The summed E-state index contributed by atoms with van der Waals surface area (Å²) < 4.78 is 5.15. The molecule has 0 spiro atoms. The Morgan fingerprint density at radius 3 is 2.40 bits per heavy atom. The molecule has 0 amide bonds. The first-order chi connectivity index (χ1) is 11.7. The summed E-state index contributed by atoms with van der Waals surface area (Å²) in [4.78, 5) is 19.3. The van der Waals surface area contributed by atoms with Crippen molar-refractivity contribution < 1.29 is 9.53 Å². The molecule has 1 aliphatic heterocycles. The van der Waals surface area contributed by atoms with Crippen LogP contribution in [0.3, 0.4) is 0 Å². The van der Waals surface area contributed by atoms with E-state index in [0.717, 1.165) is 28.9 Å². The molecule has 2 aromatic rings. The van der Waals surface area contributed by atoms with Gasteiger partial charge in [-0.3, -0.25) is 9.79 Å². The number of Topliss-reactive ketones (excluding diaryl/α,β-unsaturated/α-hetero) is 1. The largest absolute Gasteiger partial charge is 0.497 e. The van der Waals surface area contributed by atoms with Gasteiger partial charge in [-0.1, -0.05) is 29.5 Å². The number of carbonyl (C=O) groups is 1. The van der Waals surface area contributed by atoms with Gasteiger partial charge in [-0.2, -0.15) is 0 Å². The van der Waals surface area contributed by atoms with E-state index in [-0.39, 0.29) is 29.3 Å². The summed E-state index contributed by atoms with van der Waals surface area (Å²) in [5.74, 6) is 1.78. The number of aliphatic imine (C=N–C) groups is 1. The van der Waals surface area contributed by atoms with Crippen LogP contribution in [-0.2, 0) is 0 Å². The lowest BCUT2D eigenvalue weighted by molar-refractivity contribution is 0.100. The van der Waals surface area contributed by atoms with Crippen LogP contribution in [-0.4, -0.2) is 36.9 Å². The lowest BCUT2D eigenvalue weighted by atomic mass is 10.1. The molecular formula is C19H21BrN2O2S. The molecule has 0 N–H and O–H groups in total. The van der Waals surface area contributed by atoms with Crippen molar-refractivity contribution in [3.63, 3.8) is 0 Å². The topological polar surface area (TPSA) is 41.9 Å². The minimum atomic E-state index is 0. The predicted octanol–water partition coefficient (Wildman–Crippen LogP) is 4.37. The monoisotopic (exact) mass is 420 g/mol. The number of methoxy groups -OCH3 is 1. The number of carbonyl (C=O) groups excluding carboxylic acids is 1. The lowest BCUT2D eigenvalue weighted by Gasteiger charge is -2.23. The van der Waals surface area contributed by atoms with E-state index in [4.69, 9.17) is 4.74 Å². The van der Waals surface area contributed by atoms with Crippen molar-refractivity contribution in [1.29, 1.82) is 0 Å². The van der Waals surface area contributed by atoms with Crippen LogP contribution in [0.5, 0.6) is 5.75 Å². The molecule has 2 aromatic carbocycles. The Hall–Kier alpha value is -1.79. The summed E-state index contributed by atoms with van der Waals surface area (Å²) in [5.41, 5.74) is 2.87. The summed E-state index contributed by atoms with van der Waals surface area (Å²) >= 11 is 1.70. The zero-order chi connectivity index (χ0) is 16.9. The van der Waals surface area contributed by atoms with Gasteiger partial charge in [0.1, 0.15) is 5.75 Å². The molecule has 0 saturated heterocycles. The third-order valence-electron chi connectivity index (χ3n) is 3.86. The van der Waals surface area contributed by atoms with Gasteiger partial charge in [0.25, 0.3) is 0 Å². The summed E-state index contributed by atoms with van der Waals surface area (Å²) in [6.07, 6.45) is 0. The zero-order valence-electron chi connectivity index (χ0n) is 14.3. The molecule has 4 nitrogen and oxygen atoms in total. The molecule has 0 aromatic heterocycles. The Bertz CT molecular complexity index is 745. The Morgan fingerprint density at radius 1 is 1.16 bits per heavy atom. The maximum atomic E-state index is 12.7. The van der Waals surface area contributed by atoms with Crippen molar-refractivity contribution >= 4 is 45.4 Å². The van der Waals surface area contributed by atoms with Crippen LogP contribution in [0.15, 0.2) is 53.5 Å². The Morgan fingerprint density at radius 2 is 1.84 bits per heavy atom. The molecule has 6 heteroatoms. The average Bonchev–Trinajstić information content (AvgIpc) is 3.15. The smallest absolute Gasteiger partial charge is 0.182 e. The minimum absolute atomic E-state index is 0. The van der Waals surface area contributed by atoms with E-state index in [9.17, 15) is 4.79 Å². The number of ether oxygens (including phenoxy) is 1. The Kier molecular flexibility index (Phi) is 7.08. The standard InChI is InChI=1S/C19H20N2O2S.BrH/c1-14-3-7-16(8-4-14)21(19-20-11-12-24-19)13-18(22)15-5-9-17(23-2)10-6-15;/h3-10H,11-13H2,1-2H3;1H. The molecule has 132 valence electrons. The number of thioether (sulfide) groups is 1. The van der Waals surface area contributed by atoms with E-state index in [2.05, 4.69) is 24.0 Å². The number of ketones is 1. The van der Waals surface area contributed by atoms with Gasteiger partial charge >= 0.3 is 0 Å². The molecule has 3 rings (SSSR count). The first-order valence-corrected chi connectivity index (χ1v) is 8.84. The average molecular weight is 421 g/mol. The highest BCUT2D eigenvalue weighted by Gasteiger charge is 2.21. The number of anilines is 1. The van der Waals surface area contributed by atoms with Gasteiger partial charge in [0.2, 0.25) is 0 Å². The fourth-order valence-electron chi connectivity index (χ4n) is 2.49. The van der Waals surface area contributed by atoms with Gasteiger partial charge in [-0.15, -0.1) is 17.0 Å². The SMILES string of the molecule is Br.COc1ccc(C(=O)CN(C2=NCCS2)c2ccc(C)cc2)cc1. The molecule has 1 aliphatic rings. The fraction of sp³-hybridized carbons (Fsp3) is 0.263. The van der Waals surface area contributed by atoms with Gasteiger partial charge in [0, 0.05) is 17.0 Å². The van der Waals surface area contributed by atoms with Crippen LogP contribution in [0.4, 0.5) is 5.69 Å². The number of hydrogen-bond donors (Lipinski definition) is 0. The van der Waals surface area contributed by atoms with Crippen LogP contribution >= 0.6 is 28.7 Å². The highest BCUT2D eigenvalue weighted by molar-refractivity contribution is 8.93. The number of rotatable bonds is 5. The van der Waals surface area contributed by atoms with E-state index in [1.54, 1.807) is 31.0 Å². The van der Waals surface area contributed by atoms with Gasteiger partial charge in [-0.05, 0) is 43.3 Å². The maximum absolute atomic E-state index is 12.7. The number of aryl methyl sites for hydroxylation is 1. The fourth-order valence-corrected chi connectivity index (χ4v) is 3.37. The van der Waals surface area contributed by atoms with E-state index < -0.39 is 0 Å². The summed E-state index contributed by atoms with van der Waals surface area (Å²) in [6.45, 7) is 3.14.